The highest BCUT2D eigenvalue weighted by Crippen LogP contribution is 2.37. The second-order valence-corrected chi connectivity index (χ2v) is 8.91. The topological polar surface area (TPSA) is 101 Å². The molecule has 0 amide bonds. The lowest BCUT2D eigenvalue weighted by Crippen LogP contribution is -2.36. The van der Waals surface area contributed by atoms with Gasteiger partial charge in [-0.15, -0.1) is 0 Å². The van der Waals surface area contributed by atoms with Crippen LogP contribution in [0.1, 0.15) is 28.8 Å². The number of rotatable bonds is 7. The van der Waals surface area contributed by atoms with E-state index in [2.05, 4.69) is 20.1 Å². The number of hydrogen-bond donors (Lipinski definition) is 3. The highest BCUT2D eigenvalue weighted by molar-refractivity contribution is 6.36. The van der Waals surface area contributed by atoms with Gasteiger partial charge >= 0.3 is 0 Å². The number of pyridine rings is 1. The molecular formula is C27H23ClN4O4. The normalized spacial score (nSPS) is 17.5. The molecule has 0 radical (unpaired) electrons. The highest BCUT2D eigenvalue weighted by atomic mass is 35.5. The summed E-state index contributed by atoms with van der Waals surface area (Å²) in [5.41, 5.74) is 1.98. The fraction of sp³-hybridized carbons (Fsp3) is 0.222. The summed E-state index contributed by atoms with van der Waals surface area (Å²) in [5, 5.41) is 13.5. The summed E-state index contributed by atoms with van der Waals surface area (Å²) in [5.74, 6) is 0.874. The Labute approximate surface area is 212 Å². The number of H-pyrrole nitrogens is 1. The van der Waals surface area contributed by atoms with E-state index in [1.165, 1.54) is 6.20 Å². The SMILES string of the molecule is [C-]#[N+]c1cnc2[nH]cc(C(=O)c3ccc(Oc4ccccc4)cc3Cl)c2c1N[C@@H]1CC[C@@H](CO)OC1. The standard InChI is InChI=1S/C27H23ClN4O4/c1-29-23-13-31-27-24(25(23)32-16-7-8-19(14-33)35-15-16)21(12-30-27)26(34)20-10-9-18(11-22(20)28)36-17-5-3-2-4-6-17/h2-6,9-13,16,19,33H,7-8,14-15H2,(H2,30,31,32)/t16-,19+/m1/s1. The molecule has 4 aromatic rings. The Balaban J connectivity index is 1.47. The van der Waals surface area contributed by atoms with Crippen molar-refractivity contribution >= 4 is 39.8 Å². The average Bonchev–Trinajstić information content (AvgIpc) is 3.34. The average molecular weight is 503 g/mol. The van der Waals surface area contributed by atoms with Gasteiger partial charge in [-0.1, -0.05) is 29.8 Å². The Morgan fingerprint density at radius 2 is 2.06 bits per heavy atom. The van der Waals surface area contributed by atoms with Crippen LogP contribution in [0.5, 0.6) is 11.5 Å². The number of fused-ring (bicyclic) bond motifs is 1. The van der Waals surface area contributed by atoms with Gasteiger partial charge in [0.05, 0.1) is 42.2 Å². The molecule has 2 aromatic carbocycles. The zero-order valence-corrected chi connectivity index (χ0v) is 20.0. The first-order valence-electron chi connectivity index (χ1n) is 11.5. The maximum atomic E-state index is 13.6. The third-order valence-electron chi connectivity index (χ3n) is 6.13. The van der Waals surface area contributed by atoms with Gasteiger partial charge in [0.1, 0.15) is 17.1 Å². The number of anilines is 1. The van der Waals surface area contributed by atoms with E-state index >= 15 is 0 Å². The van der Waals surface area contributed by atoms with Crippen molar-refractivity contribution in [2.45, 2.75) is 25.0 Å². The lowest BCUT2D eigenvalue weighted by atomic mass is 10.0. The lowest BCUT2D eigenvalue weighted by molar-refractivity contribution is -0.0223. The quantitative estimate of drug-likeness (QED) is 0.220. The number of nitrogens with zero attached hydrogens (tertiary/aromatic N) is 2. The number of carbonyl (C=O) groups excluding carboxylic acids is 1. The van der Waals surface area contributed by atoms with Gasteiger partial charge < -0.3 is 24.9 Å². The van der Waals surface area contributed by atoms with Crippen molar-refractivity contribution in [2.75, 3.05) is 18.5 Å². The molecule has 8 nitrogen and oxygen atoms in total. The molecule has 1 saturated heterocycles. The Morgan fingerprint density at radius 1 is 1.22 bits per heavy atom. The predicted molar refractivity (Wildman–Crippen MR) is 137 cm³/mol. The minimum absolute atomic E-state index is 0.0219. The van der Waals surface area contributed by atoms with Gasteiger partial charge in [0, 0.05) is 35.5 Å². The number of ether oxygens (including phenoxy) is 2. The predicted octanol–water partition coefficient (Wildman–Crippen LogP) is 5.74. The van der Waals surface area contributed by atoms with E-state index in [0.717, 1.165) is 6.42 Å². The molecule has 0 saturated carbocycles. The Hall–Kier alpha value is -3.90. The fourth-order valence-electron chi connectivity index (χ4n) is 4.28. The molecule has 1 aliphatic rings. The number of para-hydroxylation sites is 1. The number of aliphatic hydroxyl groups excluding tert-OH is 1. The number of ketones is 1. The Kier molecular flexibility index (Phi) is 6.87. The molecule has 1 fully saturated rings. The van der Waals surface area contributed by atoms with E-state index in [1.54, 1.807) is 24.4 Å². The minimum Gasteiger partial charge on any atom is -0.457 e. The van der Waals surface area contributed by atoms with E-state index in [4.69, 9.17) is 27.6 Å². The van der Waals surface area contributed by atoms with Crippen LogP contribution in [0, 0.1) is 6.57 Å². The number of hydrogen-bond acceptors (Lipinski definition) is 6. The summed E-state index contributed by atoms with van der Waals surface area (Å²) in [7, 11) is 0. The molecule has 0 spiro atoms. The fourth-order valence-corrected chi connectivity index (χ4v) is 4.53. The first kappa shape index (κ1) is 23.8. The van der Waals surface area contributed by atoms with Gasteiger partial charge in [-0.3, -0.25) is 4.79 Å². The molecule has 3 N–H and O–H groups in total. The second-order valence-electron chi connectivity index (χ2n) is 8.50. The number of aliphatic hydroxyl groups is 1. The summed E-state index contributed by atoms with van der Waals surface area (Å²) in [6.07, 6.45) is 4.34. The van der Waals surface area contributed by atoms with Gasteiger partial charge in [0.2, 0.25) is 5.69 Å². The largest absolute Gasteiger partial charge is 0.457 e. The van der Waals surface area contributed by atoms with Crippen LogP contribution < -0.4 is 10.1 Å². The number of nitrogens with one attached hydrogen (secondary N) is 2. The van der Waals surface area contributed by atoms with Crippen LogP contribution in [0.4, 0.5) is 11.4 Å². The van der Waals surface area contributed by atoms with Crippen molar-refractivity contribution in [3.63, 3.8) is 0 Å². The van der Waals surface area contributed by atoms with E-state index in [1.807, 2.05) is 30.3 Å². The molecule has 1 aliphatic heterocycles. The number of benzene rings is 2. The third kappa shape index (κ3) is 4.77. The van der Waals surface area contributed by atoms with Crippen LogP contribution in [-0.4, -0.2) is 46.2 Å². The van der Waals surface area contributed by atoms with Gasteiger partial charge in [0.25, 0.3) is 0 Å². The third-order valence-corrected chi connectivity index (χ3v) is 6.45. The van der Waals surface area contributed by atoms with Gasteiger partial charge in [0.15, 0.2) is 5.78 Å². The molecule has 182 valence electrons. The molecule has 0 aliphatic carbocycles. The number of carbonyl (C=O) groups is 1. The van der Waals surface area contributed by atoms with Crippen LogP contribution in [0.25, 0.3) is 15.9 Å². The number of aromatic nitrogens is 2. The zero-order chi connectivity index (χ0) is 25.1. The van der Waals surface area contributed by atoms with Gasteiger partial charge in [-0.25, -0.2) is 9.83 Å². The molecule has 9 heteroatoms. The van der Waals surface area contributed by atoms with Crippen molar-refractivity contribution in [1.82, 2.24) is 9.97 Å². The van der Waals surface area contributed by atoms with Crippen molar-refractivity contribution < 1.29 is 19.4 Å². The minimum atomic E-state index is -0.301. The molecule has 0 unspecified atom stereocenters. The maximum absolute atomic E-state index is 13.6. The summed E-state index contributed by atoms with van der Waals surface area (Å²) in [6, 6.07) is 14.1. The summed E-state index contributed by atoms with van der Waals surface area (Å²) in [6.45, 7) is 8.00. The lowest BCUT2D eigenvalue weighted by Gasteiger charge is -2.29. The molecule has 36 heavy (non-hydrogen) atoms. The summed E-state index contributed by atoms with van der Waals surface area (Å²) >= 11 is 6.51. The molecule has 2 aromatic heterocycles. The second kappa shape index (κ2) is 10.4. The van der Waals surface area contributed by atoms with E-state index in [9.17, 15) is 9.90 Å². The van der Waals surface area contributed by atoms with E-state index < -0.39 is 0 Å². The molecule has 2 atom stereocenters. The first-order valence-corrected chi connectivity index (χ1v) is 11.9. The Morgan fingerprint density at radius 3 is 2.75 bits per heavy atom. The first-order chi connectivity index (χ1) is 17.6. The van der Waals surface area contributed by atoms with Crippen molar-refractivity contribution in [3.8, 4) is 11.5 Å². The number of aromatic amines is 1. The monoisotopic (exact) mass is 502 g/mol. The van der Waals surface area contributed by atoms with Crippen molar-refractivity contribution in [2.24, 2.45) is 0 Å². The van der Waals surface area contributed by atoms with Crippen LogP contribution in [-0.2, 0) is 4.74 Å². The van der Waals surface area contributed by atoms with Gasteiger partial charge in [-0.2, -0.15) is 0 Å². The summed E-state index contributed by atoms with van der Waals surface area (Å²) in [4.78, 5) is 24.6. The highest BCUT2D eigenvalue weighted by Gasteiger charge is 2.26. The van der Waals surface area contributed by atoms with Crippen LogP contribution in [0.15, 0.2) is 60.9 Å². The van der Waals surface area contributed by atoms with Crippen LogP contribution in [0.2, 0.25) is 5.02 Å². The van der Waals surface area contributed by atoms with Crippen LogP contribution in [0.3, 0.4) is 0 Å². The number of halogens is 1. The smallest absolute Gasteiger partial charge is 0.228 e. The molecular weight excluding hydrogens is 480 g/mol. The van der Waals surface area contributed by atoms with E-state index in [-0.39, 0.29) is 29.6 Å². The maximum Gasteiger partial charge on any atom is 0.228 e. The molecule has 3 heterocycles. The molecule has 0 bridgehead atoms. The van der Waals surface area contributed by atoms with Crippen molar-refractivity contribution in [1.29, 1.82) is 0 Å². The Bertz CT molecular complexity index is 1440. The van der Waals surface area contributed by atoms with Crippen LogP contribution >= 0.6 is 11.6 Å². The van der Waals surface area contributed by atoms with Gasteiger partial charge in [-0.05, 0) is 37.1 Å². The zero-order valence-electron chi connectivity index (χ0n) is 19.2. The molecule has 5 rings (SSSR count). The van der Waals surface area contributed by atoms with E-state index in [0.29, 0.717) is 58.1 Å². The van der Waals surface area contributed by atoms with Crippen molar-refractivity contribution in [3.05, 3.63) is 88.5 Å². The summed E-state index contributed by atoms with van der Waals surface area (Å²) < 4.78 is 11.5.